The van der Waals surface area contributed by atoms with Crippen LogP contribution in [-0.2, 0) is 9.84 Å². The van der Waals surface area contributed by atoms with Crippen LogP contribution in [0.2, 0.25) is 0 Å². The Hall–Kier alpha value is -2.28. The number of carbonyl (C=O) groups is 1. The van der Waals surface area contributed by atoms with Gasteiger partial charge in [0.25, 0.3) is 5.91 Å². The average Bonchev–Trinajstić information content (AvgIpc) is 3.18. The van der Waals surface area contributed by atoms with Crippen molar-refractivity contribution in [3.05, 3.63) is 48.3 Å². The molecule has 1 N–H and O–H groups in total. The number of aromatic nitrogens is 1. The van der Waals surface area contributed by atoms with Crippen molar-refractivity contribution >= 4 is 15.7 Å². The zero-order valence-corrected chi connectivity index (χ0v) is 14.2. The highest BCUT2D eigenvalue weighted by molar-refractivity contribution is 7.91. The molecule has 1 aromatic carbocycles. The number of rotatable bonds is 4. The fourth-order valence-corrected chi connectivity index (χ4v) is 4.84. The Kier molecular flexibility index (Phi) is 4.36. The quantitative estimate of drug-likeness (QED) is 0.914. The second kappa shape index (κ2) is 6.32. The van der Waals surface area contributed by atoms with Gasteiger partial charge >= 0.3 is 0 Å². The molecule has 0 unspecified atom stereocenters. The zero-order valence-electron chi connectivity index (χ0n) is 13.4. The Balaban J connectivity index is 1.92. The van der Waals surface area contributed by atoms with Gasteiger partial charge in [-0.3, -0.25) is 4.79 Å². The third-order valence-electron chi connectivity index (χ3n) is 4.36. The van der Waals surface area contributed by atoms with Crippen LogP contribution in [0.4, 0.5) is 0 Å². The van der Waals surface area contributed by atoms with Crippen LogP contribution in [0.25, 0.3) is 5.69 Å². The summed E-state index contributed by atoms with van der Waals surface area (Å²) in [6, 6.07) is 8.25. The second-order valence-electron chi connectivity index (χ2n) is 5.94. The number of nitrogens with zero attached hydrogens (tertiary/aromatic N) is 2. The molecule has 1 aliphatic rings. The molecule has 0 spiro atoms. The van der Waals surface area contributed by atoms with Gasteiger partial charge in [-0.2, -0.15) is 0 Å². The third kappa shape index (κ3) is 3.17. The summed E-state index contributed by atoms with van der Waals surface area (Å²) in [5, 5.41) is 10.1. The Labute approximate surface area is 141 Å². The van der Waals surface area contributed by atoms with Crippen molar-refractivity contribution in [3.8, 4) is 11.4 Å². The highest BCUT2D eigenvalue weighted by atomic mass is 32.2. The van der Waals surface area contributed by atoms with Crippen molar-refractivity contribution in [2.24, 2.45) is 0 Å². The van der Waals surface area contributed by atoms with Crippen molar-refractivity contribution in [2.45, 2.75) is 19.4 Å². The summed E-state index contributed by atoms with van der Waals surface area (Å²) >= 11 is 0. The third-order valence-corrected chi connectivity index (χ3v) is 6.11. The minimum atomic E-state index is -3.08. The lowest BCUT2D eigenvalue weighted by Crippen LogP contribution is -2.41. The van der Waals surface area contributed by atoms with Crippen molar-refractivity contribution in [2.75, 3.05) is 18.1 Å². The predicted molar refractivity (Wildman–Crippen MR) is 91.2 cm³/mol. The van der Waals surface area contributed by atoms with Gasteiger partial charge in [0.1, 0.15) is 5.75 Å². The molecule has 1 aliphatic heterocycles. The average molecular weight is 348 g/mol. The summed E-state index contributed by atoms with van der Waals surface area (Å²) in [5.41, 5.74) is 0.948. The smallest absolute Gasteiger partial charge is 0.257 e. The molecule has 0 radical (unpaired) electrons. The zero-order chi connectivity index (χ0) is 17.3. The number of carbonyl (C=O) groups excluding carboxylic acids is 1. The van der Waals surface area contributed by atoms with Crippen LogP contribution in [0.3, 0.4) is 0 Å². The van der Waals surface area contributed by atoms with Crippen molar-refractivity contribution in [1.29, 1.82) is 0 Å². The molecule has 6 nitrogen and oxygen atoms in total. The lowest BCUT2D eigenvalue weighted by Gasteiger charge is -2.27. The van der Waals surface area contributed by atoms with E-state index in [1.807, 2.05) is 36.0 Å². The van der Waals surface area contributed by atoms with Gasteiger partial charge in [-0.05, 0) is 43.7 Å². The highest BCUT2D eigenvalue weighted by Crippen LogP contribution is 2.26. The number of phenolic OH excluding ortho intramolecular Hbond substituents is 1. The maximum Gasteiger partial charge on any atom is 0.257 e. The van der Waals surface area contributed by atoms with E-state index in [9.17, 15) is 18.3 Å². The SMILES string of the molecule is CCN(C(=O)c1cc(-n2cccc2)ccc1O)[C@@H]1CCS(=O)(=O)C1. The maximum atomic E-state index is 12.9. The van der Waals surface area contributed by atoms with E-state index in [0.29, 0.717) is 13.0 Å². The number of phenols is 1. The molecular weight excluding hydrogens is 328 g/mol. The van der Waals surface area contributed by atoms with Gasteiger partial charge in [0.2, 0.25) is 0 Å². The lowest BCUT2D eigenvalue weighted by atomic mass is 10.1. The van der Waals surface area contributed by atoms with Gasteiger partial charge in [-0.25, -0.2) is 8.42 Å². The topological polar surface area (TPSA) is 79.6 Å². The van der Waals surface area contributed by atoms with Gasteiger partial charge in [0.05, 0.1) is 17.1 Å². The van der Waals surface area contributed by atoms with E-state index in [4.69, 9.17) is 0 Å². The summed E-state index contributed by atoms with van der Waals surface area (Å²) in [6.45, 7) is 2.21. The Morgan fingerprint density at radius 3 is 2.62 bits per heavy atom. The van der Waals surface area contributed by atoms with Gasteiger partial charge in [0, 0.05) is 30.7 Å². The van der Waals surface area contributed by atoms with Crippen LogP contribution in [0, 0.1) is 0 Å². The van der Waals surface area contributed by atoms with Crippen LogP contribution in [0.5, 0.6) is 5.75 Å². The normalized spacial score (nSPS) is 19.3. The molecule has 0 bridgehead atoms. The Bertz CT molecular complexity index is 843. The minimum absolute atomic E-state index is 0.00929. The number of sulfone groups is 1. The van der Waals surface area contributed by atoms with Gasteiger partial charge in [-0.15, -0.1) is 0 Å². The Morgan fingerprint density at radius 1 is 1.33 bits per heavy atom. The fraction of sp³-hybridized carbons (Fsp3) is 0.353. The summed E-state index contributed by atoms with van der Waals surface area (Å²) in [4.78, 5) is 14.4. The van der Waals surface area contributed by atoms with Crippen LogP contribution < -0.4 is 0 Å². The van der Waals surface area contributed by atoms with E-state index in [2.05, 4.69) is 0 Å². The van der Waals surface area contributed by atoms with Crippen LogP contribution in [0.15, 0.2) is 42.7 Å². The number of hydrogen-bond donors (Lipinski definition) is 1. The molecule has 0 aliphatic carbocycles. The van der Waals surface area contributed by atoms with E-state index < -0.39 is 9.84 Å². The summed E-state index contributed by atoms with van der Waals surface area (Å²) in [7, 11) is -3.08. The first-order valence-electron chi connectivity index (χ1n) is 7.89. The number of hydrogen-bond acceptors (Lipinski definition) is 4. The molecule has 2 aromatic rings. The fourth-order valence-electron chi connectivity index (χ4n) is 3.11. The molecule has 0 saturated carbocycles. The number of aromatic hydroxyl groups is 1. The van der Waals surface area contributed by atoms with E-state index in [1.54, 1.807) is 17.0 Å². The molecule has 1 fully saturated rings. The molecule has 3 rings (SSSR count). The van der Waals surface area contributed by atoms with Crippen molar-refractivity contribution in [3.63, 3.8) is 0 Å². The highest BCUT2D eigenvalue weighted by Gasteiger charge is 2.34. The minimum Gasteiger partial charge on any atom is -0.507 e. The summed E-state index contributed by atoms with van der Waals surface area (Å²) in [5.74, 6) is -0.345. The monoisotopic (exact) mass is 348 g/mol. The molecule has 1 atom stereocenters. The number of benzene rings is 1. The Morgan fingerprint density at radius 2 is 2.04 bits per heavy atom. The predicted octanol–water partition coefficient (Wildman–Crippen LogP) is 1.83. The van der Waals surface area contributed by atoms with E-state index >= 15 is 0 Å². The molecule has 128 valence electrons. The maximum absolute atomic E-state index is 12.9. The molecular formula is C17H20N2O4S. The first-order chi connectivity index (χ1) is 11.4. The second-order valence-corrected chi connectivity index (χ2v) is 8.17. The van der Waals surface area contributed by atoms with Gasteiger partial charge in [0.15, 0.2) is 9.84 Å². The summed E-state index contributed by atoms with van der Waals surface area (Å²) in [6.07, 6.45) is 4.14. The van der Waals surface area contributed by atoms with Gasteiger partial charge in [-0.1, -0.05) is 0 Å². The number of amides is 1. The molecule has 24 heavy (non-hydrogen) atoms. The van der Waals surface area contributed by atoms with Crippen LogP contribution >= 0.6 is 0 Å². The van der Waals surface area contributed by atoms with E-state index in [-0.39, 0.29) is 34.8 Å². The first-order valence-corrected chi connectivity index (χ1v) is 9.71. The van der Waals surface area contributed by atoms with E-state index in [0.717, 1.165) is 5.69 Å². The molecule has 2 heterocycles. The van der Waals surface area contributed by atoms with E-state index in [1.165, 1.54) is 6.07 Å². The first kappa shape index (κ1) is 16.6. The largest absolute Gasteiger partial charge is 0.507 e. The standard InChI is InChI=1S/C17H20N2O4S/c1-2-19(14-7-10-24(22,23)12-14)17(21)15-11-13(5-6-16(15)20)18-8-3-4-9-18/h3-6,8-9,11,14,20H,2,7,10,12H2,1H3/t14-/m1/s1. The molecule has 7 heteroatoms. The van der Waals surface area contributed by atoms with Crippen LogP contribution in [0.1, 0.15) is 23.7 Å². The lowest BCUT2D eigenvalue weighted by molar-refractivity contribution is 0.0705. The van der Waals surface area contributed by atoms with Crippen LogP contribution in [-0.4, -0.2) is 53.0 Å². The van der Waals surface area contributed by atoms with Crippen molar-refractivity contribution in [1.82, 2.24) is 9.47 Å². The molecule has 1 amide bonds. The van der Waals surface area contributed by atoms with Gasteiger partial charge < -0.3 is 14.6 Å². The summed E-state index contributed by atoms with van der Waals surface area (Å²) < 4.78 is 25.3. The molecule has 1 saturated heterocycles. The van der Waals surface area contributed by atoms with Crippen molar-refractivity contribution < 1.29 is 18.3 Å². The molecule has 1 aromatic heterocycles.